The quantitative estimate of drug-likeness (QED) is 0.603. The van der Waals surface area contributed by atoms with Gasteiger partial charge in [-0.2, -0.15) is 0 Å². The van der Waals surface area contributed by atoms with Crippen LogP contribution in [0.25, 0.3) is 0 Å². The van der Waals surface area contributed by atoms with E-state index in [0.29, 0.717) is 16.3 Å². The Hall–Kier alpha value is -2.57. The van der Waals surface area contributed by atoms with E-state index >= 15 is 0 Å². The van der Waals surface area contributed by atoms with E-state index in [4.69, 9.17) is 27.9 Å². The minimum absolute atomic E-state index is 0.00314. The fourth-order valence-corrected chi connectivity index (χ4v) is 2.85. The van der Waals surface area contributed by atoms with Gasteiger partial charge in [-0.3, -0.25) is 14.4 Å². The van der Waals surface area contributed by atoms with E-state index in [1.165, 1.54) is 0 Å². The summed E-state index contributed by atoms with van der Waals surface area (Å²) in [4.78, 5) is 35.8. The number of hydrogen-bond donors (Lipinski definition) is 2. The summed E-state index contributed by atoms with van der Waals surface area (Å²) >= 11 is 11.9. The molecule has 160 valence electrons. The van der Waals surface area contributed by atoms with Crippen LogP contribution in [0.2, 0.25) is 10.0 Å². The van der Waals surface area contributed by atoms with Crippen molar-refractivity contribution in [1.29, 1.82) is 0 Å². The van der Waals surface area contributed by atoms with Crippen molar-refractivity contribution >= 4 is 46.7 Å². The van der Waals surface area contributed by atoms with Gasteiger partial charge in [-0.15, -0.1) is 0 Å². The lowest BCUT2D eigenvalue weighted by Crippen LogP contribution is -2.27. The normalized spacial score (nSPS) is 11.0. The molecule has 0 aromatic heterocycles. The van der Waals surface area contributed by atoms with Crippen molar-refractivity contribution in [2.45, 2.75) is 32.6 Å². The van der Waals surface area contributed by atoms with Crippen molar-refractivity contribution in [3.8, 4) is 0 Å². The highest BCUT2D eigenvalue weighted by molar-refractivity contribution is 6.44. The third-order valence-corrected chi connectivity index (χ3v) is 5.04. The first kappa shape index (κ1) is 23.7. The lowest BCUT2D eigenvalue weighted by molar-refractivity contribution is -0.147. The summed E-state index contributed by atoms with van der Waals surface area (Å²) in [5.41, 5.74) is 1.97. The predicted octanol–water partition coefficient (Wildman–Crippen LogP) is 4.59. The minimum atomic E-state index is -0.606. The van der Waals surface area contributed by atoms with Crippen LogP contribution in [-0.4, -0.2) is 30.9 Å². The average Bonchev–Trinajstić information content (AvgIpc) is 2.69. The Morgan fingerprint density at radius 1 is 1.00 bits per heavy atom. The van der Waals surface area contributed by atoms with Gasteiger partial charge in [0.15, 0.2) is 6.61 Å². The van der Waals surface area contributed by atoms with Crippen LogP contribution in [0, 0.1) is 0 Å². The molecule has 0 aliphatic carbocycles. The predicted molar refractivity (Wildman–Crippen MR) is 118 cm³/mol. The topological polar surface area (TPSA) is 84.5 Å². The van der Waals surface area contributed by atoms with Crippen molar-refractivity contribution in [3.05, 3.63) is 63.6 Å². The number of ether oxygens (including phenoxy) is 1. The van der Waals surface area contributed by atoms with E-state index in [2.05, 4.69) is 31.4 Å². The van der Waals surface area contributed by atoms with E-state index < -0.39 is 18.5 Å². The maximum absolute atomic E-state index is 12.2. The highest BCUT2D eigenvalue weighted by atomic mass is 35.5. The van der Waals surface area contributed by atoms with Crippen LogP contribution in [0.3, 0.4) is 0 Å². The van der Waals surface area contributed by atoms with Gasteiger partial charge in [0, 0.05) is 12.1 Å². The Morgan fingerprint density at radius 3 is 2.30 bits per heavy atom. The maximum atomic E-state index is 12.2. The summed E-state index contributed by atoms with van der Waals surface area (Å²) in [5.74, 6) is -1.43. The van der Waals surface area contributed by atoms with Crippen LogP contribution in [0.5, 0.6) is 0 Å². The Labute approximate surface area is 185 Å². The summed E-state index contributed by atoms with van der Waals surface area (Å²) < 4.78 is 4.91. The maximum Gasteiger partial charge on any atom is 0.308 e. The Balaban J connectivity index is 1.72. The number of nitrogens with one attached hydrogen (secondary N) is 2. The van der Waals surface area contributed by atoms with Gasteiger partial charge in [0.1, 0.15) is 0 Å². The smallest absolute Gasteiger partial charge is 0.308 e. The summed E-state index contributed by atoms with van der Waals surface area (Å²) in [7, 11) is 0. The third kappa shape index (κ3) is 7.04. The lowest BCUT2D eigenvalue weighted by Gasteiger charge is -2.19. The second-order valence-electron chi connectivity index (χ2n) is 7.64. The number of benzene rings is 2. The zero-order chi connectivity index (χ0) is 22.3. The number of amides is 2. The first-order chi connectivity index (χ1) is 14.1. The standard InChI is InChI=1S/C22H24Cl2N2O4/c1-22(2,3)15-9-7-14(8-10-15)21(29)25-12-11-19(28)30-13-18(27)26-17-6-4-5-16(23)20(17)24/h4-10H,11-13H2,1-3H3,(H,25,29)(H,26,27). The first-order valence-corrected chi connectivity index (χ1v) is 10.1. The van der Waals surface area contributed by atoms with Gasteiger partial charge in [-0.25, -0.2) is 0 Å². The molecular formula is C22H24Cl2N2O4. The van der Waals surface area contributed by atoms with Crippen molar-refractivity contribution in [1.82, 2.24) is 5.32 Å². The monoisotopic (exact) mass is 450 g/mol. The molecule has 8 heteroatoms. The molecule has 0 aliphatic heterocycles. The Bertz CT molecular complexity index is 922. The molecule has 0 heterocycles. The minimum Gasteiger partial charge on any atom is -0.456 e. The molecule has 2 amide bonds. The molecule has 2 aromatic carbocycles. The molecule has 0 spiro atoms. The van der Waals surface area contributed by atoms with Crippen molar-refractivity contribution in [2.24, 2.45) is 0 Å². The van der Waals surface area contributed by atoms with Gasteiger partial charge in [0.2, 0.25) is 0 Å². The van der Waals surface area contributed by atoms with E-state index in [0.717, 1.165) is 5.56 Å². The van der Waals surface area contributed by atoms with Crippen LogP contribution in [0.15, 0.2) is 42.5 Å². The van der Waals surface area contributed by atoms with Gasteiger partial charge in [-0.1, -0.05) is 62.2 Å². The number of esters is 1. The number of anilines is 1. The molecule has 0 aliphatic rings. The Morgan fingerprint density at radius 2 is 1.67 bits per heavy atom. The zero-order valence-corrected chi connectivity index (χ0v) is 18.6. The van der Waals surface area contributed by atoms with Gasteiger partial charge in [0.25, 0.3) is 11.8 Å². The number of carbonyl (C=O) groups excluding carboxylic acids is 3. The molecule has 2 rings (SSSR count). The second-order valence-corrected chi connectivity index (χ2v) is 8.43. The second kappa shape index (κ2) is 10.5. The van der Waals surface area contributed by atoms with E-state index in [9.17, 15) is 14.4 Å². The molecule has 0 atom stereocenters. The van der Waals surface area contributed by atoms with Crippen LogP contribution >= 0.6 is 23.2 Å². The number of carbonyl (C=O) groups is 3. The summed E-state index contributed by atoms with van der Waals surface area (Å²) in [5, 5.41) is 5.68. The molecule has 30 heavy (non-hydrogen) atoms. The van der Waals surface area contributed by atoms with E-state index in [1.807, 2.05) is 12.1 Å². The fraction of sp³-hybridized carbons (Fsp3) is 0.318. The van der Waals surface area contributed by atoms with E-state index in [-0.39, 0.29) is 29.3 Å². The highest BCUT2D eigenvalue weighted by Gasteiger charge is 2.15. The molecule has 0 radical (unpaired) electrons. The van der Waals surface area contributed by atoms with Crippen molar-refractivity contribution in [3.63, 3.8) is 0 Å². The molecule has 6 nitrogen and oxygen atoms in total. The summed E-state index contributed by atoms with van der Waals surface area (Å²) in [6.45, 7) is 5.91. The first-order valence-electron chi connectivity index (χ1n) is 9.36. The lowest BCUT2D eigenvalue weighted by atomic mass is 9.87. The van der Waals surface area contributed by atoms with Gasteiger partial charge in [-0.05, 0) is 35.2 Å². The highest BCUT2D eigenvalue weighted by Crippen LogP contribution is 2.29. The molecule has 0 unspecified atom stereocenters. The number of hydrogen-bond acceptors (Lipinski definition) is 4. The van der Waals surface area contributed by atoms with Gasteiger partial charge in [0.05, 0.1) is 22.2 Å². The van der Waals surface area contributed by atoms with Crippen LogP contribution in [0.4, 0.5) is 5.69 Å². The zero-order valence-electron chi connectivity index (χ0n) is 17.1. The van der Waals surface area contributed by atoms with Gasteiger partial charge < -0.3 is 15.4 Å². The Kier molecular flexibility index (Phi) is 8.26. The molecule has 2 N–H and O–H groups in total. The van der Waals surface area contributed by atoms with Crippen molar-refractivity contribution in [2.75, 3.05) is 18.5 Å². The molecule has 0 saturated carbocycles. The molecule has 0 fully saturated rings. The summed E-state index contributed by atoms with van der Waals surface area (Å²) in [6.07, 6.45) is -0.0585. The van der Waals surface area contributed by atoms with Crippen LogP contribution in [0.1, 0.15) is 43.1 Å². The van der Waals surface area contributed by atoms with E-state index in [1.54, 1.807) is 30.3 Å². The molecule has 2 aromatic rings. The fourth-order valence-electron chi connectivity index (χ4n) is 2.51. The van der Waals surface area contributed by atoms with Crippen molar-refractivity contribution < 1.29 is 19.1 Å². The SMILES string of the molecule is CC(C)(C)c1ccc(C(=O)NCCC(=O)OCC(=O)Nc2cccc(Cl)c2Cl)cc1. The molecule has 0 saturated heterocycles. The summed E-state index contributed by atoms with van der Waals surface area (Å²) in [6, 6.07) is 12.1. The van der Waals surface area contributed by atoms with Gasteiger partial charge >= 0.3 is 5.97 Å². The van der Waals surface area contributed by atoms with Crippen LogP contribution in [-0.2, 0) is 19.7 Å². The van der Waals surface area contributed by atoms with Crippen LogP contribution < -0.4 is 10.6 Å². The third-order valence-electron chi connectivity index (χ3n) is 4.22. The molecular weight excluding hydrogens is 427 g/mol. The molecule has 0 bridgehead atoms. The largest absolute Gasteiger partial charge is 0.456 e. The average molecular weight is 451 g/mol. The number of halogens is 2. The number of rotatable bonds is 7.